The molecule has 1 rings (SSSR count). The van der Waals surface area contributed by atoms with Gasteiger partial charge in [-0.1, -0.05) is 11.8 Å². The monoisotopic (exact) mass is 259 g/mol. The maximum Gasteiger partial charge on any atom is 0.230 e. The van der Waals surface area contributed by atoms with Crippen LogP contribution in [-0.4, -0.2) is 49.1 Å². The van der Waals surface area contributed by atoms with E-state index in [0.717, 1.165) is 0 Å². The van der Waals surface area contributed by atoms with Gasteiger partial charge in [-0.05, 0) is 31.2 Å². The normalized spacial score (nSPS) is 11.5. The first kappa shape index (κ1) is 13.9. The highest BCUT2D eigenvalue weighted by atomic mass is 32.2. The van der Waals surface area contributed by atoms with Crippen molar-refractivity contribution in [3.8, 4) is 0 Å². The van der Waals surface area contributed by atoms with E-state index in [9.17, 15) is 4.79 Å². The summed E-state index contributed by atoms with van der Waals surface area (Å²) in [6.45, 7) is 6.06. The van der Waals surface area contributed by atoms with E-state index in [0.29, 0.717) is 11.7 Å². The average molecular weight is 259 g/mol. The summed E-state index contributed by atoms with van der Waals surface area (Å²) in [5.74, 6) is 0.185. The van der Waals surface area contributed by atoms with E-state index in [2.05, 4.69) is 20.8 Å². The molecule has 0 spiro atoms. The molecule has 2 N–H and O–H groups in total. The lowest BCUT2D eigenvalue weighted by atomic mass is 10.1. The van der Waals surface area contributed by atoms with Gasteiger partial charge in [-0.15, -0.1) is 5.10 Å². The second-order valence-electron chi connectivity index (χ2n) is 4.50. The Kier molecular flexibility index (Phi) is 4.88. The minimum absolute atomic E-state index is 0.0349. The van der Waals surface area contributed by atoms with Gasteiger partial charge in [0.05, 0.1) is 18.9 Å². The van der Waals surface area contributed by atoms with Crippen LogP contribution in [-0.2, 0) is 11.3 Å². The number of aromatic nitrogens is 4. The third-order valence-electron chi connectivity index (χ3n) is 1.66. The molecule has 0 fully saturated rings. The summed E-state index contributed by atoms with van der Waals surface area (Å²) in [6, 6.07) is 0. The summed E-state index contributed by atoms with van der Waals surface area (Å²) in [4.78, 5) is 11.6. The quantitative estimate of drug-likeness (QED) is 0.704. The molecule has 0 aliphatic rings. The third kappa shape index (κ3) is 5.14. The van der Waals surface area contributed by atoms with Crippen molar-refractivity contribution in [3.05, 3.63) is 0 Å². The second-order valence-corrected chi connectivity index (χ2v) is 5.44. The highest BCUT2D eigenvalue weighted by Crippen LogP contribution is 2.13. The van der Waals surface area contributed by atoms with Crippen molar-refractivity contribution < 1.29 is 9.90 Å². The lowest BCUT2D eigenvalue weighted by Crippen LogP contribution is -2.41. The lowest BCUT2D eigenvalue weighted by Gasteiger charge is -2.20. The number of nitrogens with one attached hydrogen (secondary N) is 1. The molecule has 96 valence electrons. The molecule has 8 heteroatoms. The average Bonchev–Trinajstić information content (AvgIpc) is 2.60. The summed E-state index contributed by atoms with van der Waals surface area (Å²) in [5.41, 5.74) is -0.241. The van der Waals surface area contributed by atoms with E-state index in [1.807, 2.05) is 20.8 Å². The van der Waals surface area contributed by atoms with E-state index in [4.69, 9.17) is 5.11 Å². The fourth-order valence-electron chi connectivity index (χ4n) is 1.12. The number of nitrogens with zero attached hydrogens (tertiary/aromatic N) is 4. The topological polar surface area (TPSA) is 92.9 Å². The molecule has 0 aromatic carbocycles. The van der Waals surface area contributed by atoms with Crippen molar-refractivity contribution in [3.63, 3.8) is 0 Å². The summed E-state index contributed by atoms with van der Waals surface area (Å²) in [5, 5.41) is 23.1. The first-order chi connectivity index (χ1) is 7.92. The molecule has 7 nitrogen and oxygen atoms in total. The Bertz CT molecular complexity index is 374. The maximum absolute atomic E-state index is 11.6. The Labute approximate surface area is 104 Å². The first-order valence-electron chi connectivity index (χ1n) is 5.23. The van der Waals surface area contributed by atoms with Gasteiger partial charge in [0.25, 0.3) is 0 Å². The van der Waals surface area contributed by atoms with Gasteiger partial charge in [0.2, 0.25) is 11.1 Å². The van der Waals surface area contributed by atoms with Gasteiger partial charge in [0, 0.05) is 5.54 Å². The zero-order valence-corrected chi connectivity index (χ0v) is 11.0. The number of aliphatic hydroxyl groups is 1. The number of tetrazole rings is 1. The predicted molar refractivity (Wildman–Crippen MR) is 63.5 cm³/mol. The van der Waals surface area contributed by atoms with Crippen molar-refractivity contribution in [2.75, 3.05) is 12.4 Å². The van der Waals surface area contributed by atoms with Gasteiger partial charge in [-0.3, -0.25) is 4.79 Å². The van der Waals surface area contributed by atoms with Crippen LogP contribution >= 0.6 is 11.8 Å². The van der Waals surface area contributed by atoms with Crippen molar-refractivity contribution >= 4 is 17.7 Å². The molecule has 1 heterocycles. The summed E-state index contributed by atoms with van der Waals surface area (Å²) in [7, 11) is 0. The van der Waals surface area contributed by atoms with E-state index >= 15 is 0 Å². The van der Waals surface area contributed by atoms with E-state index < -0.39 is 0 Å². The molecule has 1 aromatic rings. The standard InChI is InChI=1S/C9H17N5O2S/c1-9(2,3)10-7(16)6-17-8-11-12-13-14(8)4-5-15/h15H,4-6H2,1-3H3,(H,10,16). The van der Waals surface area contributed by atoms with E-state index in [1.165, 1.54) is 16.4 Å². The fraction of sp³-hybridized carbons (Fsp3) is 0.778. The third-order valence-corrected chi connectivity index (χ3v) is 2.61. The van der Waals surface area contributed by atoms with Crippen LogP contribution in [0, 0.1) is 0 Å². The van der Waals surface area contributed by atoms with Gasteiger partial charge < -0.3 is 10.4 Å². The molecular weight excluding hydrogens is 242 g/mol. The van der Waals surface area contributed by atoms with Crippen LogP contribution in [0.2, 0.25) is 0 Å². The predicted octanol–water partition coefficient (Wildman–Crippen LogP) is -0.328. The minimum Gasteiger partial charge on any atom is -0.394 e. The van der Waals surface area contributed by atoms with Crippen LogP contribution in [0.4, 0.5) is 0 Å². The number of rotatable bonds is 5. The molecule has 0 atom stereocenters. The first-order valence-corrected chi connectivity index (χ1v) is 6.22. The summed E-state index contributed by atoms with van der Waals surface area (Å²) in [6.07, 6.45) is 0. The summed E-state index contributed by atoms with van der Waals surface area (Å²) < 4.78 is 1.47. The van der Waals surface area contributed by atoms with Crippen LogP contribution in [0.3, 0.4) is 0 Å². The van der Waals surface area contributed by atoms with Crippen molar-refractivity contribution in [1.29, 1.82) is 0 Å². The molecule has 1 amide bonds. The number of carbonyl (C=O) groups is 1. The van der Waals surface area contributed by atoms with Gasteiger partial charge in [0.15, 0.2) is 0 Å². The summed E-state index contributed by atoms with van der Waals surface area (Å²) >= 11 is 1.25. The molecule has 17 heavy (non-hydrogen) atoms. The smallest absolute Gasteiger partial charge is 0.230 e. The maximum atomic E-state index is 11.6. The lowest BCUT2D eigenvalue weighted by molar-refractivity contribution is -0.119. The number of carbonyl (C=O) groups excluding carboxylic acids is 1. The van der Waals surface area contributed by atoms with Crippen molar-refractivity contribution in [2.24, 2.45) is 0 Å². The molecular formula is C9H17N5O2S. The molecule has 1 aromatic heterocycles. The zero-order valence-electron chi connectivity index (χ0n) is 10.2. The Morgan fingerprint density at radius 3 is 2.82 bits per heavy atom. The van der Waals surface area contributed by atoms with E-state index in [1.54, 1.807) is 0 Å². The largest absolute Gasteiger partial charge is 0.394 e. The molecule has 0 radical (unpaired) electrons. The Morgan fingerprint density at radius 2 is 2.24 bits per heavy atom. The highest BCUT2D eigenvalue weighted by Gasteiger charge is 2.15. The Morgan fingerprint density at radius 1 is 1.53 bits per heavy atom. The van der Waals surface area contributed by atoms with Crippen molar-refractivity contribution in [1.82, 2.24) is 25.5 Å². The molecule has 0 unspecified atom stereocenters. The SMILES string of the molecule is CC(C)(C)NC(=O)CSc1nnnn1CCO. The van der Waals surface area contributed by atoms with Crippen LogP contribution in [0.15, 0.2) is 5.16 Å². The van der Waals surface area contributed by atoms with Gasteiger partial charge in [-0.25, -0.2) is 4.68 Å². The van der Waals surface area contributed by atoms with Crippen LogP contribution < -0.4 is 5.32 Å². The number of amides is 1. The molecule has 0 saturated heterocycles. The highest BCUT2D eigenvalue weighted by molar-refractivity contribution is 7.99. The molecule has 0 bridgehead atoms. The van der Waals surface area contributed by atoms with Crippen LogP contribution in [0.25, 0.3) is 0 Å². The fourth-order valence-corrected chi connectivity index (χ4v) is 1.82. The molecule has 0 aliphatic carbocycles. The molecule has 0 aliphatic heterocycles. The number of hydrogen-bond acceptors (Lipinski definition) is 6. The number of thioether (sulfide) groups is 1. The van der Waals surface area contributed by atoms with Gasteiger partial charge in [-0.2, -0.15) is 0 Å². The van der Waals surface area contributed by atoms with Crippen LogP contribution in [0.5, 0.6) is 0 Å². The second kappa shape index (κ2) is 5.97. The number of aliphatic hydroxyl groups excluding tert-OH is 1. The minimum atomic E-state index is -0.241. The van der Waals surface area contributed by atoms with E-state index in [-0.39, 0.29) is 23.8 Å². The zero-order chi connectivity index (χ0) is 12.9. The Hall–Kier alpha value is -1.15. The van der Waals surface area contributed by atoms with Gasteiger partial charge in [0.1, 0.15) is 0 Å². The number of hydrogen-bond donors (Lipinski definition) is 2. The molecule has 0 saturated carbocycles. The van der Waals surface area contributed by atoms with Crippen molar-refractivity contribution in [2.45, 2.75) is 38.0 Å². The Balaban J connectivity index is 2.44. The van der Waals surface area contributed by atoms with Gasteiger partial charge >= 0.3 is 0 Å². The van der Waals surface area contributed by atoms with Crippen LogP contribution in [0.1, 0.15) is 20.8 Å².